The van der Waals surface area contributed by atoms with E-state index in [9.17, 15) is 4.79 Å². The largest absolute Gasteiger partial charge is 0.368 e. The van der Waals surface area contributed by atoms with E-state index in [1.807, 2.05) is 4.90 Å². The van der Waals surface area contributed by atoms with Crippen molar-refractivity contribution in [3.63, 3.8) is 0 Å². The minimum Gasteiger partial charge on any atom is -0.368 e. The summed E-state index contributed by atoms with van der Waals surface area (Å²) in [6, 6.07) is 15.3. The quantitative estimate of drug-likeness (QED) is 0.890. The van der Waals surface area contributed by atoms with Crippen LogP contribution in [0.15, 0.2) is 42.5 Å². The van der Waals surface area contributed by atoms with Gasteiger partial charge in [0.1, 0.15) is 6.04 Å². The third kappa shape index (κ3) is 3.17. The summed E-state index contributed by atoms with van der Waals surface area (Å²) in [5.74, 6) is 0.560. The van der Waals surface area contributed by atoms with Crippen LogP contribution < -0.4 is 15.8 Å². The van der Waals surface area contributed by atoms with Crippen LogP contribution in [0.25, 0.3) is 10.8 Å². The van der Waals surface area contributed by atoms with Crippen molar-refractivity contribution >= 4 is 22.4 Å². The Hall–Kier alpha value is -2.11. The van der Waals surface area contributed by atoms with E-state index < -0.39 is 0 Å². The van der Waals surface area contributed by atoms with Crippen LogP contribution >= 0.6 is 0 Å². The average molecular weight is 352 g/mol. The number of nitrogens with zero attached hydrogens (tertiary/aromatic N) is 2. The fraction of sp³-hybridized carbons (Fsp3) is 0.476. The highest BCUT2D eigenvalue weighted by Crippen LogP contribution is 2.24. The van der Waals surface area contributed by atoms with E-state index in [4.69, 9.17) is 0 Å². The number of hydrazine groups is 1. The van der Waals surface area contributed by atoms with Crippen LogP contribution in [0, 0.1) is 5.92 Å². The van der Waals surface area contributed by atoms with Crippen molar-refractivity contribution in [3.05, 3.63) is 42.5 Å². The van der Waals surface area contributed by atoms with Gasteiger partial charge in [0.2, 0.25) is 5.91 Å². The number of anilines is 1. The molecule has 0 aliphatic carbocycles. The second kappa shape index (κ2) is 7.25. The Morgan fingerprint density at radius 1 is 1.04 bits per heavy atom. The number of nitrogens with one attached hydrogen (secondary N) is 2. The normalized spacial score (nSPS) is 26.5. The zero-order chi connectivity index (χ0) is 18.1. The Kier molecular flexibility index (Phi) is 4.83. The van der Waals surface area contributed by atoms with E-state index in [0.29, 0.717) is 12.0 Å². The molecule has 2 aromatic carbocycles. The molecule has 2 N–H and O–H groups in total. The van der Waals surface area contributed by atoms with Crippen molar-refractivity contribution in [2.75, 3.05) is 31.1 Å². The molecule has 5 heteroatoms. The first kappa shape index (κ1) is 17.3. The lowest BCUT2D eigenvalue weighted by atomic mass is 9.94. The molecule has 0 aromatic heterocycles. The lowest BCUT2D eigenvalue weighted by molar-refractivity contribution is -0.134. The number of amides is 1. The van der Waals surface area contributed by atoms with Gasteiger partial charge in [-0.3, -0.25) is 10.2 Å². The highest BCUT2D eigenvalue weighted by atomic mass is 16.2. The van der Waals surface area contributed by atoms with Crippen molar-refractivity contribution < 1.29 is 4.79 Å². The highest BCUT2D eigenvalue weighted by Gasteiger charge is 2.38. The third-order valence-electron chi connectivity index (χ3n) is 5.98. The van der Waals surface area contributed by atoms with Crippen molar-refractivity contribution in [1.29, 1.82) is 0 Å². The van der Waals surface area contributed by atoms with Gasteiger partial charge in [0.15, 0.2) is 0 Å². The van der Waals surface area contributed by atoms with Crippen LogP contribution in [-0.4, -0.2) is 49.1 Å². The molecule has 0 radical (unpaired) electrons. The molecule has 26 heavy (non-hydrogen) atoms. The number of fused-ring (bicyclic) bond motifs is 1. The number of rotatable bonds is 3. The number of piperazine rings is 1. The van der Waals surface area contributed by atoms with Gasteiger partial charge in [-0.1, -0.05) is 44.2 Å². The minimum absolute atomic E-state index is 0.104. The molecular weight excluding hydrogens is 324 g/mol. The molecule has 3 atom stereocenters. The fourth-order valence-electron chi connectivity index (χ4n) is 4.21. The second-order valence-electron chi connectivity index (χ2n) is 7.48. The molecule has 2 fully saturated rings. The molecule has 3 unspecified atom stereocenters. The molecule has 0 bridgehead atoms. The summed E-state index contributed by atoms with van der Waals surface area (Å²) < 4.78 is 0. The summed E-state index contributed by atoms with van der Waals surface area (Å²) in [6.07, 6.45) is 1.04. The predicted molar refractivity (Wildman–Crippen MR) is 106 cm³/mol. The van der Waals surface area contributed by atoms with E-state index >= 15 is 0 Å². The number of benzene rings is 2. The predicted octanol–water partition coefficient (Wildman–Crippen LogP) is 2.38. The van der Waals surface area contributed by atoms with Gasteiger partial charge >= 0.3 is 0 Å². The Morgan fingerprint density at radius 3 is 2.46 bits per heavy atom. The summed E-state index contributed by atoms with van der Waals surface area (Å²) in [5, 5.41) is 2.54. The first-order valence-corrected chi connectivity index (χ1v) is 9.71. The van der Waals surface area contributed by atoms with Gasteiger partial charge in [-0.15, -0.1) is 0 Å². The number of hydrogen-bond acceptors (Lipinski definition) is 4. The second-order valence-corrected chi connectivity index (χ2v) is 7.48. The SMILES string of the molecule is CCC1NNC(C(=O)N2CCN(c3ccc4ccccc4c3)CC2)C1C. The van der Waals surface area contributed by atoms with Gasteiger partial charge in [-0.25, -0.2) is 5.43 Å². The first-order chi connectivity index (χ1) is 12.7. The van der Waals surface area contributed by atoms with Gasteiger partial charge in [0.25, 0.3) is 0 Å². The Labute approximate surface area is 155 Å². The van der Waals surface area contributed by atoms with E-state index in [1.54, 1.807) is 0 Å². The Bertz CT molecular complexity index is 784. The Balaban J connectivity index is 1.39. The zero-order valence-electron chi connectivity index (χ0n) is 15.6. The molecule has 2 aliphatic rings. The van der Waals surface area contributed by atoms with E-state index in [0.717, 1.165) is 32.6 Å². The molecule has 0 spiro atoms. The maximum atomic E-state index is 12.9. The molecule has 2 saturated heterocycles. The van der Waals surface area contributed by atoms with Gasteiger partial charge in [-0.05, 0) is 35.2 Å². The van der Waals surface area contributed by atoms with Crippen LogP contribution in [0.5, 0.6) is 0 Å². The van der Waals surface area contributed by atoms with Crippen molar-refractivity contribution in [3.8, 4) is 0 Å². The molecule has 2 heterocycles. The van der Waals surface area contributed by atoms with Gasteiger partial charge in [-0.2, -0.15) is 0 Å². The molecule has 2 aliphatic heterocycles. The molecule has 4 rings (SSSR count). The number of hydrogen-bond donors (Lipinski definition) is 2. The van der Waals surface area contributed by atoms with Crippen molar-refractivity contribution in [2.24, 2.45) is 5.92 Å². The monoisotopic (exact) mass is 352 g/mol. The van der Waals surface area contributed by atoms with Crippen LogP contribution in [0.1, 0.15) is 20.3 Å². The minimum atomic E-state index is -0.104. The summed E-state index contributed by atoms with van der Waals surface area (Å²) in [5.41, 5.74) is 7.73. The lowest BCUT2D eigenvalue weighted by Crippen LogP contribution is -2.54. The molecule has 1 amide bonds. The number of carbonyl (C=O) groups excluding carboxylic acids is 1. The molecule has 0 saturated carbocycles. The van der Waals surface area contributed by atoms with Crippen molar-refractivity contribution in [2.45, 2.75) is 32.4 Å². The van der Waals surface area contributed by atoms with E-state index in [2.05, 4.69) is 72.1 Å². The molecule has 138 valence electrons. The smallest absolute Gasteiger partial charge is 0.241 e. The summed E-state index contributed by atoms with van der Waals surface area (Å²) >= 11 is 0. The number of carbonyl (C=O) groups is 1. The van der Waals surface area contributed by atoms with Crippen LogP contribution in [-0.2, 0) is 4.79 Å². The van der Waals surface area contributed by atoms with E-state index in [1.165, 1.54) is 16.5 Å². The lowest BCUT2D eigenvalue weighted by Gasteiger charge is -2.37. The van der Waals surface area contributed by atoms with Crippen LogP contribution in [0.2, 0.25) is 0 Å². The molecular formula is C21H28N4O. The first-order valence-electron chi connectivity index (χ1n) is 9.71. The van der Waals surface area contributed by atoms with Gasteiger partial charge < -0.3 is 9.80 Å². The standard InChI is InChI=1S/C21H28N4O/c1-3-19-15(2)20(23-22-19)21(26)25-12-10-24(11-13-25)18-9-8-16-6-4-5-7-17(16)14-18/h4-9,14-15,19-20,22-23H,3,10-13H2,1-2H3. The Morgan fingerprint density at radius 2 is 1.77 bits per heavy atom. The van der Waals surface area contributed by atoms with Gasteiger partial charge in [0.05, 0.1) is 0 Å². The summed E-state index contributed by atoms with van der Waals surface area (Å²) in [6.45, 7) is 7.66. The zero-order valence-corrected chi connectivity index (χ0v) is 15.6. The topological polar surface area (TPSA) is 47.6 Å². The third-order valence-corrected chi connectivity index (χ3v) is 5.98. The molecule has 5 nitrogen and oxygen atoms in total. The van der Waals surface area contributed by atoms with Gasteiger partial charge in [0, 0.05) is 37.9 Å². The summed E-state index contributed by atoms with van der Waals surface area (Å²) in [4.78, 5) is 17.3. The maximum absolute atomic E-state index is 12.9. The molecule has 2 aromatic rings. The van der Waals surface area contributed by atoms with Crippen LogP contribution in [0.4, 0.5) is 5.69 Å². The highest BCUT2D eigenvalue weighted by molar-refractivity contribution is 5.86. The average Bonchev–Trinajstić information content (AvgIpc) is 3.07. The van der Waals surface area contributed by atoms with Crippen molar-refractivity contribution in [1.82, 2.24) is 15.8 Å². The van der Waals surface area contributed by atoms with E-state index in [-0.39, 0.29) is 11.9 Å². The van der Waals surface area contributed by atoms with Crippen LogP contribution in [0.3, 0.4) is 0 Å². The summed E-state index contributed by atoms with van der Waals surface area (Å²) in [7, 11) is 0. The fourth-order valence-corrected chi connectivity index (χ4v) is 4.21. The maximum Gasteiger partial charge on any atom is 0.241 e.